The largest absolute Gasteiger partial charge is 0.314 e. The quantitative estimate of drug-likeness (QED) is 0.710. The van der Waals surface area contributed by atoms with E-state index >= 15 is 0 Å². The average Bonchev–Trinajstić information content (AvgIpc) is 2.38. The van der Waals surface area contributed by atoms with Crippen LogP contribution in [0.25, 0.3) is 0 Å². The Balaban J connectivity index is 1.66. The third-order valence-electron chi connectivity index (χ3n) is 4.46. The summed E-state index contributed by atoms with van der Waals surface area (Å²) in [5.74, 6) is 1.85. The fourth-order valence-electron chi connectivity index (χ4n) is 3.20. The van der Waals surface area contributed by atoms with Crippen LogP contribution in [0.4, 0.5) is 0 Å². The maximum atomic E-state index is 3.79. The van der Waals surface area contributed by atoms with Crippen molar-refractivity contribution in [3.63, 3.8) is 0 Å². The summed E-state index contributed by atoms with van der Waals surface area (Å²) in [7, 11) is 0. The van der Waals surface area contributed by atoms with Gasteiger partial charge in [0.1, 0.15) is 0 Å². The highest BCUT2D eigenvalue weighted by atomic mass is 14.9. The van der Waals surface area contributed by atoms with Gasteiger partial charge in [-0.15, -0.1) is 0 Å². The van der Waals surface area contributed by atoms with Crippen molar-refractivity contribution in [2.75, 3.05) is 6.54 Å². The zero-order chi connectivity index (χ0) is 11.2. The molecule has 0 amide bonds. The molecular formula is C15H27N. The molecule has 1 nitrogen and oxygen atoms in total. The molecule has 1 saturated carbocycles. The second-order valence-electron chi connectivity index (χ2n) is 5.75. The molecule has 2 atom stereocenters. The molecule has 1 fully saturated rings. The van der Waals surface area contributed by atoms with E-state index in [4.69, 9.17) is 0 Å². The third-order valence-corrected chi connectivity index (χ3v) is 4.46. The first-order valence-corrected chi connectivity index (χ1v) is 7.24. The molecule has 0 bridgehead atoms. The Labute approximate surface area is 101 Å². The lowest BCUT2D eigenvalue weighted by atomic mass is 9.84. The molecule has 0 radical (unpaired) electrons. The Hall–Kier alpha value is -0.300. The highest BCUT2D eigenvalue weighted by Crippen LogP contribution is 2.26. The molecule has 0 aromatic rings. The number of allylic oxidation sites excluding steroid dienone is 2. The van der Waals surface area contributed by atoms with E-state index in [0.29, 0.717) is 0 Å². The van der Waals surface area contributed by atoms with Gasteiger partial charge in [0.15, 0.2) is 0 Å². The fourth-order valence-corrected chi connectivity index (χ4v) is 3.20. The van der Waals surface area contributed by atoms with Crippen molar-refractivity contribution in [1.82, 2.24) is 5.32 Å². The van der Waals surface area contributed by atoms with Gasteiger partial charge in [-0.3, -0.25) is 0 Å². The lowest BCUT2D eigenvalue weighted by Crippen LogP contribution is -2.37. The van der Waals surface area contributed by atoms with Crippen LogP contribution in [0.3, 0.4) is 0 Å². The molecule has 0 saturated heterocycles. The minimum atomic E-state index is 0.742. The monoisotopic (exact) mass is 221 g/mol. The SMILES string of the molecule is C[C@@H](NCC1CC=CCC1)C1CCCCC1. The predicted octanol–water partition coefficient (Wildman–Crippen LogP) is 3.90. The van der Waals surface area contributed by atoms with Crippen molar-refractivity contribution in [3.05, 3.63) is 12.2 Å². The van der Waals surface area contributed by atoms with Gasteiger partial charge in [-0.1, -0.05) is 31.4 Å². The van der Waals surface area contributed by atoms with Gasteiger partial charge in [-0.05, 0) is 57.4 Å². The van der Waals surface area contributed by atoms with Gasteiger partial charge in [0, 0.05) is 6.04 Å². The van der Waals surface area contributed by atoms with Crippen molar-refractivity contribution in [3.8, 4) is 0 Å². The zero-order valence-electron chi connectivity index (χ0n) is 10.8. The van der Waals surface area contributed by atoms with Gasteiger partial charge in [0.2, 0.25) is 0 Å². The van der Waals surface area contributed by atoms with E-state index in [-0.39, 0.29) is 0 Å². The first-order valence-electron chi connectivity index (χ1n) is 7.24. The average molecular weight is 221 g/mol. The van der Waals surface area contributed by atoms with Gasteiger partial charge in [0.05, 0.1) is 0 Å². The topological polar surface area (TPSA) is 12.0 Å². The molecule has 1 unspecified atom stereocenters. The Bertz CT molecular complexity index is 215. The molecule has 0 spiro atoms. The van der Waals surface area contributed by atoms with E-state index in [9.17, 15) is 0 Å². The van der Waals surface area contributed by atoms with E-state index in [1.165, 1.54) is 57.9 Å². The van der Waals surface area contributed by atoms with E-state index in [1.54, 1.807) is 0 Å². The molecule has 1 heteroatoms. The lowest BCUT2D eigenvalue weighted by Gasteiger charge is -2.30. The van der Waals surface area contributed by atoms with Gasteiger partial charge < -0.3 is 5.32 Å². The maximum Gasteiger partial charge on any atom is 0.00671 e. The second-order valence-corrected chi connectivity index (χ2v) is 5.75. The van der Waals surface area contributed by atoms with Crippen LogP contribution in [0.2, 0.25) is 0 Å². The van der Waals surface area contributed by atoms with Crippen molar-refractivity contribution in [2.45, 2.75) is 64.3 Å². The summed E-state index contributed by atoms with van der Waals surface area (Å²) in [5, 5.41) is 3.79. The smallest absolute Gasteiger partial charge is 0.00671 e. The van der Waals surface area contributed by atoms with Gasteiger partial charge in [-0.25, -0.2) is 0 Å². The highest BCUT2D eigenvalue weighted by Gasteiger charge is 2.20. The Morgan fingerprint density at radius 1 is 1.12 bits per heavy atom. The molecule has 2 rings (SSSR count). The van der Waals surface area contributed by atoms with Crippen LogP contribution >= 0.6 is 0 Å². The van der Waals surface area contributed by atoms with E-state index < -0.39 is 0 Å². The summed E-state index contributed by atoms with van der Waals surface area (Å²) >= 11 is 0. The van der Waals surface area contributed by atoms with Gasteiger partial charge >= 0.3 is 0 Å². The van der Waals surface area contributed by atoms with Crippen molar-refractivity contribution < 1.29 is 0 Å². The van der Waals surface area contributed by atoms with E-state index in [0.717, 1.165) is 17.9 Å². The first-order chi connectivity index (χ1) is 7.86. The summed E-state index contributed by atoms with van der Waals surface area (Å²) in [4.78, 5) is 0. The molecule has 2 aliphatic carbocycles. The standard InChI is InChI=1S/C15H27N/c1-13(15-10-6-3-7-11-15)16-12-14-8-4-2-5-9-14/h2,4,13-16H,3,5-12H2,1H3/t13-,14?/m1/s1. The Morgan fingerprint density at radius 3 is 2.62 bits per heavy atom. The molecular weight excluding hydrogens is 194 g/mol. The summed E-state index contributed by atoms with van der Waals surface area (Å²) in [5.41, 5.74) is 0. The van der Waals surface area contributed by atoms with Gasteiger partial charge in [0.25, 0.3) is 0 Å². The normalized spacial score (nSPS) is 29.2. The third kappa shape index (κ3) is 3.62. The van der Waals surface area contributed by atoms with Crippen LogP contribution < -0.4 is 5.32 Å². The maximum absolute atomic E-state index is 3.79. The van der Waals surface area contributed by atoms with E-state index in [1.807, 2.05) is 0 Å². The first kappa shape index (κ1) is 12.2. The van der Waals surface area contributed by atoms with Crippen molar-refractivity contribution >= 4 is 0 Å². The van der Waals surface area contributed by atoms with Crippen LogP contribution in [0, 0.1) is 11.8 Å². The summed E-state index contributed by atoms with van der Waals surface area (Å²) in [6.07, 6.45) is 16.0. The molecule has 2 aliphatic rings. The minimum Gasteiger partial charge on any atom is -0.314 e. The molecule has 92 valence electrons. The Morgan fingerprint density at radius 2 is 1.94 bits per heavy atom. The lowest BCUT2D eigenvalue weighted by molar-refractivity contribution is 0.269. The minimum absolute atomic E-state index is 0.742. The van der Waals surface area contributed by atoms with Crippen LogP contribution in [0.15, 0.2) is 12.2 Å². The molecule has 0 aromatic heterocycles. The molecule has 0 aliphatic heterocycles. The summed E-state index contributed by atoms with van der Waals surface area (Å²) < 4.78 is 0. The van der Waals surface area contributed by atoms with Crippen LogP contribution in [-0.4, -0.2) is 12.6 Å². The summed E-state index contributed by atoms with van der Waals surface area (Å²) in [6.45, 7) is 3.64. The molecule has 0 aromatic carbocycles. The number of hydrogen-bond acceptors (Lipinski definition) is 1. The number of hydrogen-bond donors (Lipinski definition) is 1. The van der Waals surface area contributed by atoms with Crippen molar-refractivity contribution in [2.24, 2.45) is 11.8 Å². The van der Waals surface area contributed by atoms with Crippen LogP contribution in [-0.2, 0) is 0 Å². The van der Waals surface area contributed by atoms with E-state index in [2.05, 4.69) is 24.4 Å². The second kappa shape index (κ2) is 6.44. The predicted molar refractivity (Wildman–Crippen MR) is 70.5 cm³/mol. The summed E-state index contributed by atoms with van der Waals surface area (Å²) in [6, 6.07) is 0.742. The van der Waals surface area contributed by atoms with Crippen LogP contribution in [0.5, 0.6) is 0 Å². The fraction of sp³-hybridized carbons (Fsp3) is 0.867. The van der Waals surface area contributed by atoms with Crippen LogP contribution in [0.1, 0.15) is 58.3 Å². The zero-order valence-corrected chi connectivity index (χ0v) is 10.8. The Kier molecular flexibility index (Phi) is 4.90. The number of rotatable bonds is 4. The highest BCUT2D eigenvalue weighted by molar-refractivity contribution is 4.91. The molecule has 1 N–H and O–H groups in total. The molecule has 16 heavy (non-hydrogen) atoms. The van der Waals surface area contributed by atoms with Gasteiger partial charge in [-0.2, -0.15) is 0 Å². The molecule has 0 heterocycles. The number of nitrogens with one attached hydrogen (secondary N) is 1. The van der Waals surface area contributed by atoms with Crippen molar-refractivity contribution in [1.29, 1.82) is 0 Å².